The van der Waals surface area contributed by atoms with Gasteiger partial charge >= 0.3 is 0 Å². The molecule has 0 radical (unpaired) electrons. The van der Waals surface area contributed by atoms with Crippen molar-refractivity contribution in [2.75, 3.05) is 36.4 Å². The first-order chi connectivity index (χ1) is 10.3. The van der Waals surface area contributed by atoms with E-state index in [1.165, 1.54) is 63.1 Å². The van der Waals surface area contributed by atoms with Gasteiger partial charge in [-0.3, -0.25) is 4.90 Å². The topological polar surface area (TPSA) is 18.5 Å². The summed E-state index contributed by atoms with van der Waals surface area (Å²) in [5, 5.41) is 3.58. The summed E-state index contributed by atoms with van der Waals surface area (Å²) in [4.78, 5) is 5.43. The molecule has 0 aliphatic carbocycles. The summed E-state index contributed by atoms with van der Waals surface area (Å²) in [6.45, 7) is 7.31. The van der Waals surface area contributed by atoms with Crippen LogP contribution >= 0.6 is 0 Å². The second-order valence-electron chi connectivity index (χ2n) is 6.98. The van der Waals surface area contributed by atoms with E-state index in [-0.39, 0.29) is 0 Å². The fraction of sp³-hybridized carbons (Fsp3) is 0.667. The molecule has 1 N–H and O–H groups in total. The quantitative estimate of drug-likeness (QED) is 0.855. The Bertz CT molecular complexity index is 513. The Hall–Kier alpha value is -1.22. The average molecular weight is 285 g/mol. The van der Waals surface area contributed by atoms with Crippen molar-refractivity contribution < 1.29 is 0 Å². The normalized spacial score (nSPS) is 29.5. The molecule has 0 bridgehead atoms. The van der Waals surface area contributed by atoms with Gasteiger partial charge in [0.15, 0.2) is 0 Å². The molecule has 21 heavy (non-hydrogen) atoms. The Morgan fingerprint density at radius 1 is 1.14 bits per heavy atom. The lowest BCUT2D eigenvalue weighted by Crippen LogP contribution is -2.59. The van der Waals surface area contributed by atoms with Crippen LogP contribution in [0.15, 0.2) is 18.2 Å². The van der Waals surface area contributed by atoms with E-state index in [0.717, 1.165) is 12.6 Å². The predicted octanol–water partition coefficient (Wildman–Crippen LogP) is 3.11. The first kappa shape index (κ1) is 13.4. The monoisotopic (exact) mass is 285 g/mol. The molecule has 3 heterocycles. The number of nitrogens with zero attached hydrogens (tertiary/aromatic N) is 2. The second kappa shape index (κ2) is 5.53. The lowest BCUT2D eigenvalue weighted by molar-refractivity contribution is 0.115. The van der Waals surface area contributed by atoms with Crippen molar-refractivity contribution in [3.8, 4) is 0 Å². The number of hydrogen-bond donors (Lipinski definition) is 1. The van der Waals surface area contributed by atoms with Gasteiger partial charge in [0.1, 0.15) is 0 Å². The minimum Gasteiger partial charge on any atom is -0.385 e. The van der Waals surface area contributed by atoms with Gasteiger partial charge in [-0.25, -0.2) is 0 Å². The highest BCUT2D eigenvalue weighted by atomic mass is 15.3. The molecule has 1 aromatic rings. The van der Waals surface area contributed by atoms with Crippen LogP contribution in [-0.4, -0.2) is 43.2 Å². The van der Waals surface area contributed by atoms with Crippen LogP contribution in [0.3, 0.4) is 0 Å². The number of benzene rings is 1. The van der Waals surface area contributed by atoms with Gasteiger partial charge in [-0.15, -0.1) is 0 Å². The molecular formula is C18H27N3. The number of rotatable bonds is 1. The maximum absolute atomic E-state index is 3.58. The summed E-state index contributed by atoms with van der Waals surface area (Å²) >= 11 is 0. The average Bonchev–Trinajstić information content (AvgIpc) is 2.54. The molecule has 0 spiro atoms. The summed E-state index contributed by atoms with van der Waals surface area (Å²) < 4.78 is 0. The molecule has 0 saturated carbocycles. The Kier molecular flexibility index (Phi) is 3.54. The van der Waals surface area contributed by atoms with Crippen molar-refractivity contribution in [1.29, 1.82) is 0 Å². The highest BCUT2D eigenvalue weighted by molar-refractivity contribution is 5.68. The fourth-order valence-electron chi connectivity index (χ4n) is 4.45. The van der Waals surface area contributed by atoms with Gasteiger partial charge in [-0.2, -0.15) is 0 Å². The Morgan fingerprint density at radius 2 is 2.10 bits per heavy atom. The summed E-state index contributed by atoms with van der Waals surface area (Å²) in [6.07, 6.45) is 6.69. The van der Waals surface area contributed by atoms with Crippen molar-refractivity contribution >= 4 is 11.4 Å². The predicted molar refractivity (Wildman–Crippen MR) is 89.3 cm³/mol. The first-order valence-electron chi connectivity index (χ1n) is 8.69. The molecule has 2 saturated heterocycles. The lowest BCUT2D eigenvalue weighted by Gasteiger charge is -2.49. The molecule has 3 nitrogen and oxygen atoms in total. The molecule has 3 aliphatic heterocycles. The molecule has 3 heteroatoms. The SMILES string of the molecule is CC1CN2CCCCC2CN1c1cccc2c1CCCN2. The molecule has 2 atom stereocenters. The molecule has 3 aliphatic rings. The van der Waals surface area contributed by atoms with E-state index in [2.05, 4.69) is 40.2 Å². The van der Waals surface area contributed by atoms with Gasteiger partial charge in [0.05, 0.1) is 0 Å². The Morgan fingerprint density at radius 3 is 3.05 bits per heavy atom. The number of anilines is 2. The van der Waals surface area contributed by atoms with Crippen molar-refractivity contribution in [2.24, 2.45) is 0 Å². The molecular weight excluding hydrogens is 258 g/mol. The van der Waals surface area contributed by atoms with Crippen LogP contribution in [0, 0.1) is 0 Å². The van der Waals surface area contributed by atoms with Crippen LogP contribution < -0.4 is 10.2 Å². The molecule has 0 amide bonds. The smallest absolute Gasteiger partial charge is 0.0422 e. The van der Waals surface area contributed by atoms with Crippen molar-refractivity contribution in [3.05, 3.63) is 23.8 Å². The van der Waals surface area contributed by atoms with Crippen molar-refractivity contribution in [2.45, 2.75) is 51.1 Å². The van der Waals surface area contributed by atoms with Gasteiger partial charge in [-0.1, -0.05) is 12.5 Å². The van der Waals surface area contributed by atoms with Gasteiger partial charge < -0.3 is 10.2 Å². The number of hydrogen-bond acceptors (Lipinski definition) is 3. The zero-order valence-electron chi connectivity index (χ0n) is 13.1. The van der Waals surface area contributed by atoms with E-state index in [1.807, 2.05) is 0 Å². The molecule has 4 rings (SSSR count). The summed E-state index contributed by atoms with van der Waals surface area (Å²) in [5.74, 6) is 0. The maximum Gasteiger partial charge on any atom is 0.0422 e. The first-order valence-corrected chi connectivity index (χ1v) is 8.69. The fourth-order valence-corrected chi connectivity index (χ4v) is 4.45. The van der Waals surface area contributed by atoms with Gasteiger partial charge in [0.25, 0.3) is 0 Å². The number of nitrogens with one attached hydrogen (secondary N) is 1. The van der Waals surface area contributed by atoms with Crippen LogP contribution in [0.5, 0.6) is 0 Å². The van der Waals surface area contributed by atoms with E-state index in [1.54, 1.807) is 5.56 Å². The Labute approximate surface area is 128 Å². The third-order valence-electron chi connectivity index (χ3n) is 5.57. The van der Waals surface area contributed by atoms with Crippen LogP contribution in [-0.2, 0) is 6.42 Å². The van der Waals surface area contributed by atoms with E-state index >= 15 is 0 Å². The summed E-state index contributed by atoms with van der Waals surface area (Å²) in [5.41, 5.74) is 4.43. The minimum absolute atomic E-state index is 0.632. The zero-order valence-corrected chi connectivity index (χ0v) is 13.1. The van der Waals surface area contributed by atoms with E-state index in [4.69, 9.17) is 0 Å². The van der Waals surface area contributed by atoms with Gasteiger partial charge in [0, 0.05) is 43.1 Å². The van der Waals surface area contributed by atoms with Crippen LogP contribution in [0.25, 0.3) is 0 Å². The van der Waals surface area contributed by atoms with Gasteiger partial charge in [0.2, 0.25) is 0 Å². The zero-order chi connectivity index (χ0) is 14.2. The molecule has 114 valence electrons. The van der Waals surface area contributed by atoms with E-state index < -0.39 is 0 Å². The highest BCUT2D eigenvalue weighted by Crippen LogP contribution is 2.35. The van der Waals surface area contributed by atoms with Gasteiger partial charge in [-0.05, 0) is 56.8 Å². The lowest BCUT2D eigenvalue weighted by atomic mass is 9.94. The van der Waals surface area contributed by atoms with Crippen molar-refractivity contribution in [3.63, 3.8) is 0 Å². The minimum atomic E-state index is 0.632. The molecule has 2 fully saturated rings. The number of piperidine rings is 1. The largest absolute Gasteiger partial charge is 0.385 e. The molecule has 0 aromatic heterocycles. The number of piperazine rings is 1. The van der Waals surface area contributed by atoms with E-state index in [0.29, 0.717) is 6.04 Å². The van der Waals surface area contributed by atoms with Crippen LogP contribution in [0.1, 0.15) is 38.2 Å². The summed E-state index contributed by atoms with van der Waals surface area (Å²) in [7, 11) is 0. The molecule has 1 aromatic carbocycles. The standard InChI is InChI=1S/C18H27N3/c1-14-12-20-11-3-2-6-15(20)13-21(14)18-9-4-8-17-16(18)7-5-10-19-17/h4,8-9,14-15,19H,2-3,5-7,10-13H2,1H3. The van der Waals surface area contributed by atoms with Crippen LogP contribution in [0.4, 0.5) is 11.4 Å². The third-order valence-corrected chi connectivity index (χ3v) is 5.57. The Balaban J connectivity index is 1.63. The van der Waals surface area contributed by atoms with Crippen LogP contribution in [0.2, 0.25) is 0 Å². The number of fused-ring (bicyclic) bond motifs is 2. The maximum atomic E-state index is 3.58. The molecule has 2 unspecified atom stereocenters. The summed E-state index contributed by atoms with van der Waals surface area (Å²) in [6, 6.07) is 8.24. The third kappa shape index (κ3) is 2.42. The highest BCUT2D eigenvalue weighted by Gasteiger charge is 2.34. The van der Waals surface area contributed by atoms with Crippen molar-refractivity contribution in [1.82, 2.24) is 4.90 Å². The van der Waals surface area contributed by atoms with E-state index in [9.17, 15) is 0 Å². The second-order valence-corrected chi connectivity index (χ2v) is 6.98.